The van der Waals surface area contributed by atoms with E-state index < -0.39 is 0 Å². The van der Waals surface area contributed by atoms with Gasteiger partial charge in [-0.1, -0.05) is 19.1 Å². The predicted octanol–water partition coefficient (Wildman–Crippen LogP) is 2.57. The van der Waals surface area contributed by atoms with Crippen LogP contribution < -0.4 is 4.90 Å². The first-order valence-corrected chi connectivity index (χ1v) is 8.91. The number of likely N-dealkylation sites (N-methyl/N-ethyl adjacent to an activating group) is 1. The van der Waals surface area contributed by atoms with Gasteiger partial charge in [0.2, 0.25) is 0 Å². The number of aryl methyl sites for hydroxylation is 2. The molecule has 1 fully saturated rings. The van der Waals surface area contributed by atoms with Crippen molar-refractivity contribution in [3.8, 4) is 5.69 Å². The second kappa shape index (κ2) is 6.44. The Bertz CT molecular complexity index is 892. The molecule has 1 saturated heterocycles. The maximum atomic E-state index is 4.63. The normalized spacial score (nSPS) is 15.9. The van der Waals surface area contributed by atoms with Gasteiger partial charge in [0.25, 0.3) is 0 Å². The summed E-state index contributed by atoms with van der Waals surface area (Å²) in [5.41, 5.74) is 4.36. The molecule has 0 N–H and O–H groups in total. The number of aromatic nitrogens is 4. The van der Waals surface area contributed by atoms with Crippen LogP contribution in [0.25, 0.3) is 16.7 Å². The molecule has 130 valence electrons. The van der Waals surface area contributed by atoms with Crippen LogP contribution in [0.1, 0.15) is 18.1 Å². The summed E-state index contributed by atoms with van der Waals surface area (Å²) in [6, 6.07) is 6.41. The second-order valence-electron chi connectivity index (χ2n) is 6.70. The Morgan fingerprint density at radius 3 is 2.60 bits per heavy atom. The Kier molecular flexibility index (Phi) is 4.13. The van der Waals surface area contributed by atoms with E-state index in [-0.39, 0.29) is 0 Å². The third-order valence-corrected chi connectivity index (χ3v) is 5.06. The van der Waals surface area contributed by atoms with E-state index in [4.69, 9.17) is 0 Å². The van der Waals surface area contributed by atoms with Crippen molar-refractivity contribution < 1.29 is 0 Å². The minimum atomic E-state index is 0.872. The molecule has 0 radical (unpaired) electrons. The summed E-state index contributed by atoms with van der Waals surface area (Å²) in [4.78, 5) is 13.9. The molecule has 25 heavy (non-hydrogen) atoms. The molecular formula is C19H24N6. The van der Waals surface area contributed by atoms with E-state index in [0.717, 1.165) is 55.3 Å². The first kappa shape index (κ1) is 16.0. The zero-order valence-electron chi connectivity index (χ0n) is 15.1. The minimum Gasteiger partial charge on any atom is -0.353 e. The van der Waals surface area contributed by atoms with Crippen molar-refractivity contribution in [2.45, 2.75) is 20.8 Å². The topological polar surface area (TPSA) is 50.1 Å². The lowest BCUT2D eigenvalue weighted by Crippen LogP contribution is -2.46. The minimum absolute atomic E-state index is 0.872. The van der Waals surface area contributed by atoms with E-state index in [1.54, 1.807) is 6.33 Å². The zero-order chi connectivity index (χ0) is 17.4. The predicted molar refractivity (Wildman–Crippen MR) is 100 cm³/mol. The highest BCUT2D eigenvalue weighted by molar-refractivity contribution is 5.87. The lowest BCUT2D eigenvalue weighted by molar-refractivity contribution is 0.271. The van der Waals surface area contributed by atoms with Gasteiger partial charge in [-0.05, 0) is 37.6 Å². The van der Waals surface area contributed by atoms with Crippen LogP contribution in [0.4, 0.5) is 5.82 Å². The number of rotatable bonds is 3. The summed E-state index contributed by atoms with van der Waals surface area (Å²) in [5.74, 6) is 0.998. The number of nitrogens with zero attached hydrogens (tertiary/aromatic N) is 6. The molecule has 1 aliphatic rings. The summed E-state index contributed by atoms with van der Waals surface area (Å²) < 4.78 is 1.94. The highest BCUT2D eigenvalue weighted by Gasteiger charge is 2.21. The first-order chi connectivity index (χ1) is 12.2. The summed E-state index contributed by atoms with van der Waals surface area (Å²) in [6.45, 7) is 11.7. The molecule has 0 amide bonds. The summed E-state index contributed by atoms with van der Waals surface area (Å²) in [7, 11) is 0. The van der Waals surface area contributed by atoms with Gasteiger partial charge in [-0.3, -0.25) is 0 Å². The second-order valence-corrected chi connectivity index (χ2v) is 6.70. The fraction of sp³-hybridized carbons (Fsp3) is 0.421. The van der Waals surface area contributed by atoms with Crippen molar-refractivity contribution in [3.05, 3.63) is 41.9 Å². The molecule has 6 nitrogen and oxygen atoms in total. The van der Waals surface area contributed by atoms with Crippen molar-refractivity contribution in [2.75, 3.05) is 37.6 Å². The number of hydrogen-bond donors (Lipinski definition) is 0. The van der Waals surface area contributed by atoms with E-state index in [2.05, 4.69) is 63.8 Å². The van der Waals surface area contributed by atoms with Gasteiger partial charge < -0.3 is 9.80 Å². The number of benzene rings is 1. The molecule has 0 spiro atoms. The summed E-state index contributed by atoms with van der Waals surface area (Å²) >= 11 is 0. The smallest absolute Gasteiger partial charge is 0.168 e. The van der Waals surface area contributed by atoms with Crippen molar-refractivity contribution in [1.82, 2.24) is 24.6 Å². The highest BCUT2D eigenvalue weighted by atomic mass is 15.3. The van der Waals surface area contributed by atoms with Gasteiger partial charge >= 0.3 is 0 Å². The number of anilines is 1. The third-order valence-electron chi connectivity index (χ3n) is 5.06. The van der Waals surface area contributed by atoms with Crippen LogP contribution in [-0.2, 0) is 0 Å². The molecule has 3 heterocycles. The zero-order valence-corrected chi connectivity index (χ0v) is 15.1. The summed E-state index contributed by atoms with van der Waals surface area (Å²) in [6.07, 6.45) is 3.56. The molecule has 0 saturated carbocycles. The van der Waals surface area contributed by atoms with Crippen LogP contribution in [0, 0.1) is 13.8 Å². The molecule has 4 rings (SSSR count). The van der Waals surface area contributed by atoms with Gasteiger partial charge in [0.05, 0.1) is 17.3 Å². The largest absolute Gasteiger partial charge is 0.353 e. The Hall–Kier alpha value is -2.47. The quantitative estimate of drug-likeness (QED) is 0.736. The molecule has 0 bridgehead atoms. The molecule has 0 atom stereocenters. The molecule has 1 aromatic carbocycles. The number of piperazine rings is 1. The Morgan fingerprint density at radius 2 is 1.84 bits per heavy atom. The molecule has 0 aliphatic carbocycles. The van der Waals surface area contributed by atoms with Crippen LogP contribution in [0.3, 0.4) is 0 Å². The van der Waals surface area contributed by atoms with Gasteiger partial charge in [-0.15, -0.1) is 0 Å². The van der Waals surface area contributed by atoms with Gasteiger partial charge in [-0.25, -0.2) is 14.6 Å². The summed E-state index contributed by atoms with van der Waals surface area (Å²) in [5, 5.41) is 5.65. The van der Waals surface area contributed by atoms with E-state index >= 15 is 0 Å². The van der Waals surface area contributed by atoms with E-state index in [9.17, 15) is 0 Å². The van der Waals surface area contributed by atoms with E-state index in [1.165, 1.54) is 11.1 Å². The van der Waals surface area contributed by atoms with Crippen molar-refractivity contribution in [1.29, 1.82) is 0 Å². The number of hydrogen-bond acceptors (Lipinski definition) is 5. The molecule has 6 heteroatoms. The van der Waals surface area contributed by atoms with Gasteiger partial charge in [-0.2, -0.15) is 5.10 Å². The lowest BCUT2D eigenvalue weighted by atomic mass is 10.1. The SMILES string of the molecule is CCN1CCN(c2ncnc3c2cnn3-c2cc(C)ccc2C)CC1. The van der Waals surface area contributed by atoms with Crippen molar-refractivity contribution >= 4 is 16.9 Å². The van der Waals surface area contributed by atoms with E-state index in [0.29, 0.717) is 0 Å². The van der Waals surface area contributed by atoms with Gasteiger partial charge in [0.1, 0.15) is 12.1 Å². The number of fused-ring (bicyclic) bond motifs is 1. The van der Waals surface area contributed by atoms with Crippen LogP contribution in [0.15, 0.2) is 30.7 Å². The van der Waals surface area contributed by atoms with E-state index in [1.807, 2.05) is 10.9 Å². The van der Waals surface area contributed by atoms with Crippen LogP contribution in [0.5, 0.6) is 0 Å². The standard InChI is InChI=1S/C19H24N6/c1-4-23-7-9-24(10-8-23)18-16-12-22-25(19(16)21-13-20-18)17-11-14(2)5-6-15(17)3/h5-6,11-13H,4,7-10H2,1-3H3. The molecule has 1 aliphatic heterocycles. The molecule has 3 aromatic rings. The maximum Gasteiger partial charge on any atom is 0.168 e. The molecule has 2 aromatic heterocycles. The Morgan fingerprint density at radius 1 is 1.04 bits per heavy atom. The van der Waals surface area contributed by atoms with Crippen molar-refractivity contribution in [2.24, 2.45) is 0 Å². The van der Waals surface area contributed by atoms with Gasteiger partial charge in [0, 0.05) is 26.2 Å². The van der Waals surface area contributed by atoms with Gasteiger partial charge in [0.15, 0.2) is 5.65 Å². The fourth-order valence-corrected chi connectivity index (χ4v) is 3.48. The van der Waals surface area contributed by atoms with Crippen LogP contribution in [0.2, 0.25) is 0 Å². The Balaban J connectivity index is 1.75. The highest BCUT2D eigenvalue weighted by Crippen LogP contribution is 2.26. The van der Waals surface area contributed by atoms with Crippen LogP contribution >= 0.6 is 0 Å². The van der Waals surface area contributed by atoms with Crippen LogP contribution in [-0.4, -0.2) is 57.4 Å². The lowest BCUT2D eigenvalue weighted by Gasteiger charge is -2.34. The average molecular weight is 336 g/mol. The average Bonchev–Trinajstić information content (AvgIpc) is 3.08. The third kappa shape index (κ3) is 2.87. The Labute approximate surface area is 148 Å². The first-order valence-electron chi connectivity index (χ1n) is 8.91. The molecular weight excluding hydrogens is 312 g/mol. The monoisotopic (exact) mass is 336 g/mol. The van der Waals surface area contributed by atoms with Crippen molar-refractivity contribution in [3.63, 3.8) is 0 Å². The maximum absolute atomic E-state index is 4.63. The molecule has 0 unspecified atom stereocenters. The fourth-order valence-electron chi connectivity index (χ4n) is 3.48.